The van der Waals surface area contributed by atoms with Gasteiger partial charge in [-0.1, -0.05) is 17.2 Å². The van der Waals surface area contributed by atoms with Crippen LogP contribution in [0.25, 0.3) is 0 Å². The number of nitrogens with zero attached hydrogens (tertiary/aromatic N) is 4. The Morgan fingerprint density at radius 2 is 1.89 bits per heavy atom. The molecule has 9 nitrogen and oxygen atoms in total. The molecular weight excluding hydrogens is 382 g/mol. The molecule has 0 atom stereocenters. The third kappa shape index (κ3) is 4.45. The van der Waals surface area contributed by atoms with Crippen LogP contribution in [0.2, 0.25) is 0 Å². The highest BCUT2D eigenvalue weighted by molar-refractivity contribution is 7.90. The maximum Gasteiger partial charge on any atom is 0.322 e. The average molecular weight is 403 g/mol. The molecule has 1 N–H and O–H groups in total. The summed E-state index contributed by atoms with van der Waals surface area (Å²) in [5.74, 6) is -0.0852. The Morgan fingerprint density at radius 3 is 2.50 bits per heavy atom. The van der Waals surface area contributed by atoms with Gasteiger partial charge >= 0.3 is 6.01 Å². The average Bonchev–Trinajstić information content (AvgIpc) is 3.21. The van der Waals surface area contributed by atoms with E-state index in [4.69, 9.17) is 4.42 Å². The van der Waals surface area contributed by atoms with Crippen molar-refractivity contribution in [3.8, 4) is 0 Å². The molecule has 0 saturated heterocycles. The number of amides is 1. The monoisotopic (exact) mass is 403 g/mol. The number of carbonyl (C=O) groups is 1. The molecule has 0 aliphatic rings. The Kier molecular flexibility index (Phi) is 5.32. The summed E-state index contributed by atoms with van der Waals surface area (Å²) in [5.41, 5.74) is 1.95. The lowest BCUT2D eigenvalue weighted by Gasteiger charge is -2.09. The second-order valence-electron chi connectivity index (χ2n) is 6.76. The molecule has 28 heavy (non-hydrogen) atoms. The summed E-state index contributed by atoms with van der Waals surface area (Å²) in [7, 11) is -3.24. The van der Waals surface area contributed by atoms with Crippen LogP contribution in [-0.4, -0.2) is 40.6 Å². The number of rotatable bonds is 6. The summed E-state index contributed by atoms with van der Waals surface area (Å²) in [4.78, 5) is 12.7. The lowest BCUT2D eigenvalue weighted by molar-refractivity contribution is 0.101. The highest BCUT2D eigenvalue weighted by Gasteiger charge is 2.18. The van der Waals surface area contributed by atoms with Gasteiger partial charge in [0.2, 0.25) is 5.89 Å². The largest absolute Gasteiger partial charge is 0.407 e. The number of hydrogen-bond acceptors (Lipinski definition) is 7. The van der Waals surface area contributed by atoms with Crippen molar-refractivity contribution in [2.75, 3.05) is 11.6 Å². The molecule has 0 unspecified atom stereocenters. The molecule has 0 aliphatic heterocycles. The van der Waals surface area contributed by atoms with Gasteiger partial charge in [0.1, 0.15) is 5.69 Å². The van der Waals surface area contributed by atoms with E-state index in [2.05, 4.69) is 20.6 Å². The topological polar surface area (TPSA) is 120 Å². The van der Waals surface area contributed by atoms with Gasteiger partial charge in [-0.3, -0.25) is 14.8 Å². The molecule has 3 rings (SSSR count). The normalized spacial score (nSPS) is 11.8. The number of aryl methyl sites for hydroxylation is 1. The first-order valence-corrected chi connectivity index (χ1v) is 10.5. The fourth-order valence-electron chi connectivity index (χ4n) is 2.65. The molecule has 148 valence electrons. The molecular formula is C18H21N5O4S. The molecule has 2 aromatic heterocycles. The summed E-state index contributed by atoms with van der Waals surface area (Å²) in [6, 6.07) is 8.13. The Morgan fingerprint density at radius 1 is 1.21 bits per heavy atom. The lowest BCUT2D eigenvalue weighted by Crippen LogP contribution is -2.19. The van der Waals surface area contributed by atoms with E-state index in [1.807, 2.05) is 20.8 Å². The number of benzene rings is 1. The van der Waals surface area contributed by atoms with Crippen molar-refractivity contribution in [2.24, 2.45) is 0 Å². The van der Waals surface area contributed by atoms with Crippen molar-refractivity contribution in [1.82, 2.24) is 20.0 Å². The summed E-state index contributed by atoms with van der Waals surface area (Å²) >= 11 is 0. The number of nitrogens with one attached hydrogen (secondary N) is 1. The van der Waals surface area contributed by atoms with Crippen LogP contribution in [-0.2, 0) is 16.3 Å². The van der Waals surface area contributed by atoms with Crippen LogP contribution in [0.3, 0.4) is 0 Å². The van der Waals surface area contributed by atoms with E-state index < -0.39 is 9.84 Å². The van der Waals surface area contributed by atoms with Crippen LogP contribution in [0.4, 0.5) is 6.01 Å². The zero-order chi connectivity index (χ0) is 20.5. The third-order valence-corrected chi connectivity index (χ3v) is 5.10. The van der Waals surface area contributed by atoms with E-state index in [-0.39, 0.29) is 22.9 Å². The standard InChI is InChI=1S/C18H21N5O4S/c1-11(2)23-15(9-12(3)22-23)17(24)19-18-21-20-16(27-18)10-13-5-7-14(8-6-13)28(4,25)26/h5-9,11H,10H2,1-4H3,(H,19,21,24). The van der Waals surface area contributed by atoms with Gasteiger partial charge in [0.05, 0.1) is 17.0 Å². The molecule has 2 heterocycles. The van der Waals surface area contributed by atoms with Gasteiger partial charge in [0, 0.05) is 12.3 Å². The van der Waals surface area contributed by atoms with E-state index in [1.54, 1.807) is 22.9 Å². The first-order valence-electron chi connectivity index (χ1n) is 8.62. The predicted molar refractivity (Wildman–Crippen MR) is 102 cm³/mol. The van der Waals surface area contributed by atoms with E-state index in [0.717, 1.165) is 17.5 Å². The molecule has 0 aliphatic carbocycles. The molecule has 1 amide bonds. The second-order valence-corrected chi connectivity index (χ2v) is 8.77. The molecule has 0 bridgehead atoms. The smallest absolute Gasteiger partial charge is 0.322 e. The van der Waals surface area contributed by atoms with Gasteiger partial charge in [-0.15, -0.1) is 5.10 Å². The van der Waals surface area contributed by atoms with Gasteiger partial charge in [0.25, 0.3) is 5.91 Å². The van der Waals surface area contributed by atoms with Crippen molar-refractivity contribution in [2.45, 2.75) is 38.1 Å². The molecule has 10 heteroatoms. The zero-order valence-corrected chi connectivity index (χ0v) is 16.8. The summed E-state index contributed by atoms with van der Waals surface area (Å²) in [6.45, 7) is 5.68. The fraction of sp³-hybridized carbons (Fsp3) is 0.333. The zero-order valence-electron chi connectivity index (χ0n) is 16.0. The van der Waals surface area contributed by atoms with E-state index in [9.17, 15) is 13.2 Å². The second kappa shape index (κ2) is 7.55. The van der Waals surface area contributed by atoms with Crippen LogP contribution < -0.4 is 5.32 Å². The van der Waals surface area contributed by atoms with Gasteiger partial charge in [0.15, 0.2) is 9.84 Å². The van der Waals surface area contributed by atoms with Gasteiger partial charge in [-0.05, 0) is 44.5 Å². The number of sulfone groups is 1. The number of anilines is 1. The molecule has 0 saturated carbocycles. The first-order chi connectivity index (χ1) is 13.1. The van der Waals surface area contributed by atoms with Crippen LogP contribution in [0.15, 0.2) is 39.6 Å². The highest BCUT2D eigenvalue weighted by Crippen LogP contribution is 2.16. The maximum absolute atomic E-state index is 12.5. The summed E-state index contributed by atoms with van der Waals surface area (Å²) in [5, 5.41) is 14.6. The SMILES string of the molecule is Cc1cc(C(=O)Nc2nnc(Cc3ccc(S(C)(=O)=O)cc3)o2)n(C(C)C)n1. The number of hydrogen-bond donors (Lipinski definition) is 1. The quantitative estimate of drug-likeness (QED) is 0.671. The van der Waals surface area contributed by atoms with Crippen molar-refractivity contribution in [3.63, 3.8) is 0 Å². The van der Waals surface area contributed by atoms with Gasteiger partial charge < -0.3 is 4.42 Å². The van der Waals surface area contributed by atoms with Crippen molar-refractivity contribution in [3.05, 3.63) is 53.2 Å². The Labute approximate surface area is 162 Å². The van der Waals surface area contributed by atoms with E-state index >= 15 is 0 Å². The minimum atomic E-state index is -3.24. The van der Waals surface area contributed by atoms with Crippen LogP contribution in [0.5, 0.6) is 0 Å². The summed E-state index contributed by atoms with van der Waals surface area (Å²) < 4.78 is 30.1. The molecule has 0 radical (unpaired) electrons. The number of carbonyl (C=O) groups excluding carboxylic acids is 1. The minimum Gasteiger partial charge on any atom is -0.407 e. The van der Waals surface area contributed by atoms with Crippen LogP contribution in [0.1, 0.15) is 47.5 Å². The van der Waals surface area contributed by atoms with E-state index in [1.165, 1.54) is 12.1 Å². The first kappa shape index (κ1) is 19.7. The molecule has 0 fully saturated rings. The number of aromatic nitrogens is 4. The van der Waals surface area contributed by atoms with Gasteiger partial charge in [-0.25, -0.2) is 8.42 Å². The van der Waals surface area contributed by atoms with E-state index in [0.29, 0.717) is 18.0 Å². The molecule has 1 aromatic carbocycles. The minimum absolute atomic E-state index is 0.0121. The molecule has 0 spiro atoms. The van der Waals surface area contributed by atoms with Crippen molar-refractivity contribution < 1.29 is 17.6 Å². The fourth-order valence-corrected chi connectivity index (χ4v) is 3.28. The predicted octanol–water partition coefficient (Wildman–Crippen LogP) is 2.40. The van der Waals surface area contributed by atoms with Crippen molar-refractivity contribution in [1.29, 1.82) is 0 Å². The molecule has 3 aromatic rings. The van der Waals surface area contributed by atoms with Crippen molar-refractivity contribution >= 4 is 21.8 Å². The van der Waals surface area contributed by atoms with Gasteiger partial charge in [-0.2, -0.15) is 5.10 Å². The highest BCUT2D eigenvalue weighted by atomic mass is 32.2. The lowest BCUT2D eigenvalue weighted by atomic mass is 10.1. The summed E-state index contributed by atoms with van der Waals surface area (Å²) in [6.07, 6.45) is 1.47. The third-order valence-electron chi connectivity index (χ3n) is 3.97. The Bertz CT molecular complexity index is 1100. The maximum atomic E-state index is 12.5. The Balaban J connectivity index is 1.70. The van der Waals surface area contributed by atoms with Crippen LogP contribution in [0, 0.1) is 6.92 Å². The van der Waals surface area contributed by atoms with Crippen LogP contribution >= 0.6 is 0 Å². The Hall–Kier alpha value is -3.01.